The van der Waals surface area contributed by atoms with Gasteiger partial charge in [0.1, 0.15) is 0 Å². The van der Waals surface area contributed by atoms with Gasteiger partial charge in [-0.05, 0) is 12.1 Å². The summed E-state index contributed by atoms with van der Waals surface area (Å²) < 4.78 is 63.3. The van der Waals surface area contributed by atoms with Gasteiger partial charge in [0.2, 0.25) is 0 Å². The van der Waals surface area contributed by atoms with E-state index >= 15 is 0 Å². The maximum absolute atomic E-state index is 12.8. The summed E-state index contributed by atoms with van der Waals surface area (Å²) >= 11 is -4.02. The van der Waals surface area contributed by atoms with Gasteiger partial charge in [0, 0.05) is 11.1 Å². The Hall–Kier alpha value is -0.860. The van der Waals surface area contributed by atoms with E-state index in [9.17, 15) is 26.0 Å². The number of hydrogen-bond acceptors (Lipinski definition) is 4. The van der Waals surface area contributed by atoms with Crippen LogP contribution in [0.15, 0.2) is 35.2 Å². The standard InChI is InChI=1S/C7H6F2O4S2/c8-7(9,14(10)11)15(12,13)6-4-2-1-3-5-6/h1-5H,(H,10,11)/p-1. The highest BCUT2D eigenvalue weighted by Gasteiger charge is 2.47. The number of hydrogen-bond donors (Lipinski definition) is 0. The predicted molar refractivity (Wildman–Crippen MR) is 47.5 cm³/mol. The summed E-state index contributed by atoms with van der Waals surface area (Å²) in [6, 6.07) is 5.66. The number of alkyl halides is 2. The van der Waals surface area contributed by atoms with Crippen LogP contribution in [-0.2, 0) is 20.9 Å². The van der Waals surface area contributed by atoms with Gasteiger partial charge < -0.3 is 4.55 Å². The quantitative estimate of drug-likeness (QED) is 0.752. The summed E-state index contributed by atoms with van der Waals surface area (Å²) in [5.74, 6) is 0. The van der Waals surface area contributed by atoms with Crippen molar-refractivity contribution in [1.82, 2.24) is 0 Å². The molecule has 1 aromatic carbocycles. The molecular weight excluding hydrogens is 250 g/mol. The monoisotopic (exact) mass is 255 g/mol. The van der Waals surface area contributed by atoms with Gasteiger partial charge >= 0.3 is 4.59 Å². The van der Waals surface area contributed by atoms with Crippen LogP contribution in [0.4, 0.5) is 8.78 Å². The average Bonchev–Trinajstić information content (AvgIpc) is 2.18. The van der Waals surface area contributed by atoms with Crippen molar-refractivity contribution >= 4 is 20.9 Å². The molecule has 8 heteroatoms. The van der Waals surface area contributed by atoms with E-state index in [-0.39, 0.29) is 0 Å². The second-order valence-corrected chi connectivity index (χ2v) is 5.75. The van der Waals surface area contributed by atoms with Gasteiger partial charge in [-0.25, -0.2) is 8.42 Å². The topological polar surface area (TPSA) is 74.3 Å². The summed E-state index contributed by atoms with van der Waals surface area (Å²) in [6.07, 6.45) is 0. The van der Waals surface area contributed by atoms with Crippen molar-refractivity contribution in [3.63, 3.8) is 0 Å². The van der Waals surface area contributed by atoms with Crippen molar-refractivity contribution in [3.05, 3.63) is 30.3 Å². The van der Waals surface area contributed by atoms with Crippen LogP contribution >= 0.6 is 0 Å². The van der Waals surface area contributed by atoms with Crippen LogP contribution in [0.5, 0.6) is 0 Å². The molecule has 0 radical (unpaired) electrons. The van der Waals surface area contributed by atoms with Crippen LogP contribution in [0, 0.1) is 0 Å². The van der Waals surface area contributed by atoms with Crippen molar-refractivity contribution in [2.75, 3.05) is 0 Å². The zero-order chi connectivity index (χ0) is 11.7. The van der Waals surface area contributed by atoms with Crippen LogP contribution in [0.1, 0.15) is 0 Å². The molecule has 0 aliphatic heterocycles. The number of benzene rings is 1. The molecule has 0 spiro atoms. The molecular formula is C7H5F2O4S2-. The van der Waals surface area contributed by atoms with Crippen molar-refractivity contribution < 1.29 is 26.0 Å². The smallest absolute Gasteiger partial charge is 0.412 e. The Morgan fingerprint density at radius 2 is 1.67 bits per heavy atom. The van der Waals surface area contributed by atoms with Crippen LogP contribution in [0.25, 0.3) is 0 Å². The molecule has 1 aromatic rings. The molecule has 15 heavy (non-hydrogen) atoms. The lowest BCUT2D eigenvalue weighted by atomic mass is 10.4. The van der Waals surface area contributed by atoms with Crippen LogP contribution in [-0.4, -0.2) is 21.8 Å². The molecule has 1 atom stereocenters. The van der Waals surface area contributed by atoms with Crippen LogP contribution in [0.2, 0.25) is 0 Å². The molecule has 4 nitrogen and oxygen atoms in total. The minimum Gasteiger partial charge on any atom is -0.767 e. The Morgan fingerprint density at radius 3 is 2.07 bits per heavy atom. The van der Waals surface area contributed by atoms with E-state index in [0.717, 1.165) is 12.1 Å². The fourth-order valence-electron chi connectivity index (χ4n) is 0.826. The summed E-state index contributed by atoms with van der Waals surface area (Å²) in [5, 5.41) is 0. The SMILES string of the molecule is O=S([O-])C(F)(F)S(=O)(=O)c1ccccc1. The molecule has 1 unspecified atom stereocenters. The first-order chi connectivity index (χ1) is 6.80. The molecule has 0 fully saturated rings. The molecule has 0 saturated carbocycles. The lowest BCUT2D eigenvalue weighted by Crippen LogP contribution is -2.33. The molecule has 0 aliphatic carbocycles. The highest BCUT2D eigenvalue weighted by atomic mass is 32.3. The third-order valence-corrected chi connectivity index (χ3v) is 4.53. The third-order valence-electron chi connectivity index (χ3n) is 1.56. The number of rotatable bonds is 3. The molecule has 84 valence electrons. The Bertz CT molecular complexity index is 469. The van der Waals surface area contributed by atoms with Gasteiger partial charge in [0.25, 0.3) is 9.84 Å². The van der Waals surface area contributed by atoms with Gasteiger partial charge in [-0.2, -0.15) is 8.78 Å². The fraction of sp³-hybridized carbons (Fsp3) is 0.143. The van der Waals surface area contributed by atoms with Crippen molar-refractivity contribution in [2.24, 2.45) is 0 Å². The van der Waals surface area contributed by atoms with E-state index in [4.69, 9.17) is 0 Å². The van der Waals surface area contributed by atoms with Gasteiger partial charge in [0.05, 0.1) is 4.90 Å². The minimum absolute atomic E-state index is 0.737. The molecule has 0 amide bonds. The molecule has 0 saturated heterocycles. The first-order valence-corrected chi connectivity index (χ1v) is 6.13. The molecule has 0 N–H and O–H groups in total. The van der Waals surface area contributed by atoms with Gasteiger partial charge in [-0.3, -0.25) is 4.21 Å². The largest absolute Gasteiger partial charge is 0.767 e. The van der Waals surface area contributed by atoms with E-state index < -0.39 is 30.4 Å². The Labute approximate surface area is 87.1 Å². The Morgan fingerprint density at radius 1 is 1.20 bits per heavy atom. The molecule has 1 rings (SSSR count). The summed E-state index contributed by atoms with van der Waals surface area (Å²) in [4.78, 5) is -0.737. The normalized spacial score (nSPS) is 14.9. The van der Waals surface area contributed by atoms with Gasteiger partial charge in [-0.15, -0.1) is 0 Å². The van der Waals surface area contributed by atoms with Crippen LogP contribution < -0.4 is 0 Å². The Kier molecular flexibility index (Phi) is 3.22. The zero-order valence-corrected chi connectivity index (χ0v) is 8.73. The minimum atomic E-state index is -5.18. The predicted octanol–water partition coefficient (Wildman–Crippen LogP) is 0.890. The highest BCUT2D eigenvalue weighted by molar-refractivity contribution is 8.05. The average molecular weight is 255 g/mol. The Balaban J connectivity index is 3.33. The fourth-order valence-corrected chi connectivity index (χ4v) is 2.62. The first-order valence-electron chi connectivity index (χ1n) is 3.57. The van der Waals surface area contributed by atoms with E-state index in [0.29, 0.717) is 0 Å². The maximum Gasteiger partial charge on any atom is 0.412 e. The molecule has 0 heterocycles. The van der Waals surface area contributed by atoms with Gasteiger partial charge in [-0.1, -0.05) is 18.2 Å². The molecule has 0 bridgehead atoms. The highest BCUT2D eigenvalue weighted by Crippen LogP contribution is 2.30. The van der Waals surface area contributed by atoms with E-state index in [2.05, 4.69) is 0 Å². The molecule has 0 aliphatic rings. The summed E-state index contributed by atoms with van der Waals surface area (Å²) in [7, 11) is -5.18. The van der Waals surface area contributed by atoms with E-state index in [1.807, 2.05) is 0 Å². The van der Waals surface area contributed by atoms with Crippen molar-refractivity contribution in [1.29, 1.82) is 0 Å². The second-order valence-electron chi connectivity index (χ2n) is 2.51. The maximum atomic E-state index is 12.8. The number of halogens is 2. The first kappa shape index (κ1) is 12.2. The van der Waals surface area contributed by atoms with E-state index in [1.54, 1.807) is 0 Å². The summed E-state index contributed by atoms with van der Waals surface area (Å²) in [5.41, 5.74) is 0. The zero-order valence-electron chi connectivity index (χ0n) is 7.09. The molecule has 0 aromatic heterocycles. The van der Waals surface area contributed by atoms with Crippen molar-refractivity contribution in [3.8, 4) is 0 Å². The van der Waals surface area contributed by atoms with E-state index in [1.165, 1.54) is 18.2 Å². The lowest BCUT2D eigenvalue weighted by Gasteiger charge is -2.18. The van der Waals surface area contributed by atoms with Gasteiger partial charge in [0.15, 0.2) is 0 Å². The summed E-state index contributed by atoms with van der Waals surface area (Å²) in [6.45, 7) is 0. The lowest BCUT2D eigenvalue weighted by molar-refractivity contribution is 0.176. The number of sulfone groups is 1. The second kappa shape index (κ2) is 3.95. The van der Waals surface area contributed by atoms with Crippen molar-refractivity contribution in [2.45, 2.75) is 9.48 Å². The van der Waals surface area contributed by atoms with Crippen LogP contribution in [0.3, 0.4) is 0 Å². The third kappa shape index (κ3) is 2.06.